The van der Waals surface area contributed by atoms with Crippen molar-refractivity contribution in [2.75, 3.05) is 0 Å². The van der Waals surface area contributed by atoms with Crippen molar-refractivity contribution in [1.29, 1.82) is 0 Å². The van der Waals surface area contributed by atoms with Crippen molar-refractivity contribution >= 4 is 28.6 Å². The zero-order chi connectivity index (χ0) is 16.1. The van der Waals surface area contributed by atoms with E-state index in [0.717, 1.165) is 26.9 Å². The molecule has 0 amide bonds. The summed E-state index contributed by atoms with van der Waals surface area (Å²) in [5.41, 5.74) is 3.29. The van der Waals surface area contributed by atoms with Gasteiger partial charge < -0.3 is 9.47 Å². The van der Waals surface area contributed by atoms with Gasteiger partial charge in [-0.15, -0.1) is 0 Å². The molecule has 0 aliphatic rings. The second-order valence-electron chi connectivity index (χ2n) is 5.05. The van der Waals surface area contributed by atoms with Crippen LogP contribution in [0.2, 0.25) is 0 Å². The van der Waals surface area contributed by atoms with Crippen LogP contribution in [0.15, 0.2) is 36.4 Å². The molecule has 3 nitrogen and oxygen atoms in total. The van der Waals surface area contributed by atoms with Crippen LogP contribution in [0.4, 0.5) is 0 Å². The Kier molecular flexibility index (Phi) is 5.83. The molecule has 0 fully saturated rings. The fourth-order valence-electron chi connectivity index (χ4n) is 2.17. The van der Waals surface area contributed by atoms with Crippen LogP contribution in [-0.2, 0) is 17.8 Å². The largest absolute Gasteiger partial charge is 0.488 e. The second kappa shape index (κ2) is 7.63. The van der Waals surface area contributed by atoms with Crippen LogP contribution >= 0.6 is 22.6 Å². The maximum absolute atomic E-state index is 11.2. The van der Waals surface area contributed by atoms with Crippen LogP contribution < -0.4 is 9.47 Å². The number of carbonyl (C=O) groups excluding carboxylic acids is 1. The number of hydrogen-bond donors (Lipinski definition) is 0. The van der Waals surface area contributed by atoms with Gasteiger partial charge in [0.15, 0.2) is 0 Å². The van der Waals surface area contributed by atoms with Crippen molar-refractivity contribution in [3.63, 3.8) is 0 Å². The van der Waals surface area contributed by atoms with E-state index in [-0.39, 0.29) is 5.97 Å². The summed E-state index contributed by atoms with van der Waals surface area (Å²) in [5, 5.41) is 0. The molecule has 0 aromatic heterocycles. The number of hydrogen-bond acceptors (Lipinski definition) is 3. The molecule has 0 aliphatic carbocycles. The fourth-order valence-corrected chi connectivity index (χ4v) is 2.80. The zero-order valence-corrected chi connectivity index (χ0v) is 15.1. The summed E-state index contributed by atoms with van der Waals surface area (Å²) in [7, 11) is 0. The van der Waals surface area contributed by atoms with E-state index >= 15 is 0 Å². The molecule has 0 saturated carbocycles. The third kappa shape index (κ3) is 4.22. The smallest absolute Gasteiger partial charge is 0.308 e. The van der Waals surface area contributed by atoms with E-state index < -0.39 is 0 Å². The molecule has 0 aliphatic heterocycles. The van der Waals surface area contributed by atoms with E-state index in [1.807, 2.05) is 25.1 Å². The molecule has 2 aromatic rings. The maximum atomic E-state index is 11.2. The lowest BCUT2D eigenvalue weighted by Crippen LogP contribution is -2.07. The van der Waals surface area contributed by atoms with Gasteiger partial charge in [0.25, 0.3) is 0 Å². The van der Waals surface area contributed by atoms with E-state index in [4.69, 9.17) is 9.47 Å². The number of rotatable bonds is 5. The quantitative estimate of drug-likeness (QED) is 0.409. The predicted octanol–water partition coefficient (Wildman–Crippen LogP) is 4.67. The minimum Gasteiger partial charge on any atom is -0.488 e. The molecular formula is C18H19IO3. The Hall–Kier alpha value is -1.56. The minimum absolute atomic E-state index is 0.327. The third-order valence-corrected chi connectivity index (χ3v) is 4.36. The number of halogens is 1. The van der Waals surface area contributed by atoms with Crippen LogP contribution in [0.1, 0.15) is 30.5 Å². The third-order valence-electron chi connectivity index (χ3n) is 3.35. The molecule has 0 N–H and O–H groups in total. The minimum atomic E-state index is -0.327. The highest BCUT2D eigenvalue weighted by Gasteiger charge is 2.11. The number of esters is 1. The summed E-state index contributed by atoms with van der Waals surface area (Å²) < 4.78 is 12.2. The van der Waals surface area contributed by atoms with Gasteiger partial charge in [-0.2, -0.15) is 0 Å². The van der Waals surface area contributed by atoms with Gasteiger partial charge in [-0.3, -0.25) is 4.79 Å². The number of aryl methyl sites for hydroxylation is 2. The van der Waals surface area contributed by atoms with E-state index in [9.17, 15) is 4.79 Å². The topological polar surface area (TPSA) is 35.5 Å². The molecule has 2 aromatic carbocycles. The Labute approximate surface area is 144 Å². The molecule has 0 heterocycles. The highest BCUT2D eigenvalue weighted by Crippen LogP contribution is 2.27. The summed E-state index contributed by atoms with van der Waals surface area (Å²) >= 11 is 2.22. The van der Waals surface area contributed by atoms with Crippen LogP contribution in [0, 0.1) is 10.5 Å². The van der Waals surface area contributed by atoms with E-state index in [2.05, 4.69) is 41.6 Å². The van der Waals surface area contributed by atoms with Crippen molar-refractivity contribution < 1.29 is 14.3 Å². The maximum Gasteiger partial charge on any atom is 0.308 e. The molecule has 0 atom stereocenters. The Bertz CT molecular complexity index is 680. The first-order valence-corrected chi connectivity index (χ1v) is 8.27. The predicted molar refractivity (Wildman–Crippen MR) is 95.4 cm³/mol. The van der Waals surface area contributed by atoms with Crippen LogP contribution in [0.5, 0.6) is 11.5 Å². The van der Waals surface area contributed by atoms with Gasteiger partial charge in [-0.05, 0) is 65.3 Å². The highest BCUT2D eigenvalue weighted by molar-refractivity contribution is 14.1. The summed E-state index contributed by atoms with van der Waals surface area (Å²) in [6.45, 7) is 5.94. The van der Waals surface area contributed by atoms with Crippen molar-refractivity contribution in [2.24, 2.45) is 0 Å². The van der Waals surface area contributed by atoms with Crippen LogP contribution in [-0.4, -0.2) is 5.97 Å². The van der Waals surface area contributed by atoms with Crippen molar-refractivity contribution in [1.82, 2.24) is 0 Å². The molecule has 0 spiro atoms. The Morgan fingerprint density at radius 2 is 1.95 bits per heavy atom. The second-order valence-corrected chi connectivity index (χ2v) is 6.21. The summed E-state index contributed by atoms with van der Waals surface area (Å²) in [6, 6.07) is 11.8. The summed E-state index contributed by atoms with van der Waals surface area (Å²) in [4.78, 5) is 11.2. The molecule has 22 heavy (non-hydrogen) atoms. The van der Waals surface area contributed by atoms with Crippen LogP contribution in [0.3, 0.4) is 0 Å². The van der Waals surface area contributed by atoms with Gasteiger partial charge in [-0.25, -0.2) is 0 Å². The summed E-state index contributed by atoms with van der Waals surface area (Å²) in [6.07, 6.45) is 1.01. The van der Waals surface area contributed by atoms with Crippen molar-refractivity contribution in [2.45, 2.75) is 33.8 Å². The monoisotopic (exact) mass is 410 g/mol. The lowest BCUT2D eigenvalue weighted by atomic mass is 10.1. The molecule has 116 valence electrons. The van der Waals surface area contributed by atoms with Gasteiger partial charge in [0.1, 0.15) is 18.1 Å². The van der Waals surface area contributed by atoms with E-state index in [1.165, 1.54) is 12.5 Å². The first-order chi connectivity index (χ1) is 10.5. The van der Waals surface area contributed by atoms with Crippen LogP contribution in [0.25, 0.3) is 0 Å². The van der Waals surface area contributed by atoms with Gasteiger partial charge in [0.2, 0.25) is 0 Å². The van der Waals surface area contributed by atoms with Gasteiger partial charge in [-0.1, -0.05) is 25.1 Å². The van der Waals surface area contributed by atoms with Crippen molar-refractivity contribution in [3.05, 3.63) is 56.7 Å². The Balaban J connectivity index is 2.19. The standard InChI is InChI=1S/C18H19IO3/c1-4-14-8-9-17(12(2)10-14)21-11-15-16(19)6-5-7-18(15)22-13(3)20/h5-10H,4,11H2,1-3H3. The number of carbonyl (C=O) groups is 1. The number of benzene rings is 2. The molecular weight excluding hydrogens is 391 g/mol. The van der Waals surface area contributed by atoms with Gasteiger partial charge in [0, 0.05) is 16.1 Å². The van der Waals surface area contributed by atoms with E-state index in [0.29, 0.717) is 12.4 Å². The molecule has 0 saturated heterocycles. The normalized spacial score (nSPS) is 10.4. The van der Waals surface area contributed by atoms with Gasteiger partial charge in [0.05, 0.1) is 0 Å². The number of ether oxygens (including phenoxy) is 2. The molecule has 0 radical (unpaired) electrons. The Morgan fingerprint density at radius 1 is 1.18 bits per heavy atom. The molecule has 2 rings (SSSR count). The van der Waals surface area contributed by atoms with Crippen molar-refractivity contribution in [3.8, 4) is 11.5 Å². The zero-order valence-electron chi connectivity index (χ0n) is 13.0. The first-order valence-electron chi connectivity index (χ1n) is 7.19. The lowest BCUT2D eigenvalue weighted by Gasteiger charge is -2.14. The van der Waals surface area contributed by atoms with E-state index in [1.54, 1.807) is 6.07 Å². The lowest BCUT2D eigenvalue weighted by molar-refractivity contribution is -0.131. The molecule has 0 bridgehead atoms. The highest BCUT2D eigenvalue weighted by atomic mass is 127. The van der Waals surface area contributed by atoms with Gasteiger partial charge >= 0.3 is 5.97 Å². The fraction of sp³-hybridized carbons (Fsp3) is 0.278. The first kappa shape index (κ1) is 16.8. The summed E-state index contributed by atoms with van der Waals surface area (Å²) in [5.74, 6) is 1.08. The molecule has 0 unspecified atom stereocenters. The SMILES string of the molecule is CCc1ccc(OCc2c(I)cccc2OC(C)=O)c(C)c1. The average Bonchev–Trinajstić information content (AvgIpc) is 2.47. The Morgan fingerprint density at radius 3 is 2.59 bits per heavy atom. The molecule has 4 heteroatoms. The average molecular weight is 410 g/mol.